The number of nitrogens with one attached hydrogen (secondary N) is 1. The number of ether oxygens (including phenoxy) is 1. The molecule has 7 heteroatoms. The van der Waals surface area contributed by atoms with E-state index < -0.39 is 15.9 Å². The van der Waals surface area contributed by atoms with Crippen LogP contribution in [0.25, 0.3) is 0 Å². The maximum absolute atomic E-state index is 12.5. The first-order valence-corrected chi connectivity index (χ1v) is 11.1. The summed E-state index contributed by atoms with van der Waals surface area (Å²) in [6, 6.07) is 14.5. The topological polar surface area (TPSA) is 75.7 Å². The molecule has 1 amide bonds. The van der Waals surface area contributed by atoms with Gasteiger partial charge < -0.3 is 10.1 Å². The van der Waals surface area contributed by atoms with E-state index >= 15 is 0 Å². The molecule has 4 rings (SSSR count). The number of benzene rings is 2. The lowest BCUT2D eigenvalue weighted by Gasteiger charge is -2.25. The number of amides is 1. The van der Waals surface area contributed by atoms with Crippen molar-refractivity contribution in [3.63, 3.8) is 0 Å². The van der Waals surface area contributed by atoms with Crippen LogP contribution in [0.5, 0.6) is 5.75 Å². The first-order chi connectivity index (χ1) is 13.6. The molecule has 0 aromatic heterocycles. The fourth-order valence-corrected chi connectivity index (χ4v) is 5.39. The van der Waals surface area contributed by atoms with E-state index in [0.717, 1.165) is 36.0 Å². The van der Waals surface area contributed by atoms with Gasteiger partial charge in [-0.25, -0.2) is 12.7 Å². The van der Waals surface area contributed by atoms with Gasteiger partial charge in [0.05, 0.1) is 12.2 Å². The molecule has 0 saturated carbocycles. The highest BCUT2D eigenvalue weighted by Gasteiger charge is 2.40. The summed E-state index contributed by atoms with van der Waals surface area (Å²) >= 11 is 0. The predicted octanol–water partition coefficient (Wildman–Crippen LogP) is 2.45. The van der Waals surface area contributed by atoms with Gasteiger partial charge in [0.25, 0.3) is 15.9 Å². The lowest BCUT2D eigenvalue weighted by molar-refractivity contribution is 0.0869. The molecule has 1 unspecified atom stereocenters. The second kappa shape index (κ2) is 7.93. The molecule has 0 aliphatic carbocycles. The van der Waals surface area contributed by atoms with E-state index in [4.69, 9.17) is 4.74 Å². The normalized spacial score (nSPS) is 19.8. The van der Waals surface area contributed by atoms with Crippen molar-refractivity contribution in [3.8, 4) is 5.75 Å². The van der Waals surface area contributed by atoms with Crippen LogP contribution in [0.4, 0.5) is 0 Å². The summed E-state index contributed by atoms with van der Waals surface area (Å²) in [6.07, 6.45) is 2.44. The lowest BCUT2D eigenvalue weighted by Crippen LogP contribution is -2.33. The fraction of sp³-hybridized carbons (Fsp3) is 0.381. The molecule has 148 valence electrons. The Kier molecular flexibility index (Phi) is 5.37. The maximum atomic E-state index is 12.5. The zero-order valence-corrected chi connectivity index (χ0v) is 16.5. The smallest absolute Gasteiger partial charge is 0.269 e. The van der Waals surface area contributed by atoms with Crippen molar-refractivity contribution in [2.24, 2.45) is 5.92 Å². The van der Waals surface area contributed by atoms with Gasteiger partial charge in [-0.05, 0) is 49.6 Å². The first-order valence-electron chi connectivity index (χ1n) is 9.65. The Bertz CT molecular complexity index is 974. The summed E-state index contributed by atoms with van der Waals surface area (Å²) in [4.78, 5) is 12.5. The predicted molar refractivity (Wildman–Crippen MR) is 106 cm³/mol. The number of carbonyl (C=O) groups is 1. The number of fused-ring (bicyclic) bond motifs is 2. The number of hydrogen-bond acceptors (Lipinski definition) is 5. The number of hydrogen-bond donors (Lipinski definition) is 1. The van der Waals surface area contributed by atoms with Gasteiger partial charge in [0.15, 0.2) is 0 Å². The molecule has 0 bridgehead atoms. The monoisotopic (exact) mass is 400 g/mol. The molecule has 2 heterocycles. The number of carbonyl (C=O) groups excluding carboxylic acids is 1. The number of sulfonamides is 1. The molecule has 2 aromatic rings. The van der Waals surface area contributed by atoms with Gasteiger partial charge in [-0.2, -0.15) is 0 Å². The third kappa shape index (κ3) is 3.64. The van der Waals surface area contributed by atoms with E-state index in [-0.39, 0.29) is 17.0 Å². The number of rotatable bonds is 7. The van der Waals surface area contributed by atoms with Crippen LogP contribution < -0.4 is 10.1 Å². The Hall–Kier alpha value is -2.38. The third-order valence-electron chi connectivity index (χ3n) is 5.27. The van der Waals surface area contributed by atoms with Gasteiger partial charge in [-0.3, -0.25) is 4.79 Å². The molecule has 2 aliphatic rings. The van der Waals surface area contributed by atoms with Crippen LogP contribution in [-0.4, -0.2) is 44.9 Å². The Labute approximate surface area is 165 Å². The van der Waals surface area contributed by atoms with Crippen molar-refractivity contribution in [1.29, 1.82) is 0 Å². The highest BCUT2D eigenvalue weighted by molar-refractivity contribution is 7.90. The van der Waals surface area contributed by atoms with Crippen molar-refractivity contribution in [2.75, 3.05) is 26.2 Å². The van der Waals surface area contributed by atoms with Crippen molar-refractivity contribution in [1.82, 2.24) is 9.62 Å². The molecule has 2 aromatic carbocycles. The molecular formula is C21H24N2O4S. The number of nitrogens with zero attached hydrogens (tertiary/aromatic N) is 1. The lowest BCUT2D eigenvalue weighted by atomic mass is 9.97. The van der Waals surface area contributed by atoms with E-state index in [0.29, 0.717) is 18.9 Å². The summed E-state index contributed by atoms with van der Waals surface area (Å²) in [6.45, 7) is 2.58. The van der Waals surface area contributed by atoms with Crippen molar-refractivity contribution >= 4 is 15.9 Å². The number of unbranched alkanes of at least 4 members (excludes halogenated alkanes) is 1. The van der Waals surface area contributed by atoms with Crippen LogP contribution in [0.2, 0.25) is 0 Å². The van der Waals surface area contributed by atoms with Crippen LogP contribution in [0, 0.1) is 5.92 Å². The van der Waals surface area contributed by atoms with E-state index in [1.165, 1.54) is 11.6 Å². The highest BCUT2D eigenvalue weighted by Crippen LogP contribution is 2.30. The minimum absolute atomic E-state index is 0.121. The maximum Gasteiger partial charge on any atom is 0.269 e. The molecule has 28 heavy (non-hydrogen) atoms. The molecule has 2 aliphatic heterocycles. The Morgan fingerprint density at radius 2 is 1.86 bits per heavy atom. The van der Waals surface area contributed by atoms with Gasteiger partial charge in [-0.15, -0.1) is 0 Å². The quantitative estimate of drug-likeness (QED) is 0.723. The zero-order valence-electron chi connectivity index (χ0n) is 15.6. The van der Waals surface area contributed by atoms with Gasteiger partial charge in [0, 0.05) is 19.0 Å². The van der Waals surface area contributed by atoms with Crippen LogP contribution in [0.1, 0.15) is 28.8 Å². The summed E-state index contributed by atoms with van der Waals surface area (Å²) < 4.78 is 31.8. The average Bonchev–Trinajstić information content (AvgIpc) is 2.91. The van der Waals surface area contributed by atoms with Crippen molar-refractivity contribution in [3.05, 3.63) is 59.7 Å². The van der Waals surface area contributed by atoms with Crippen LogP contribution in [-0.2, 0) is 16.4 Å². The van der Waals surface area contributed by atoms with Crippen LogP contribution in [0.15, 0.2) is 53.4 Å². The molecular weight excluding hydrogens is 376 g/mol. The van der Waals surface area contributed by atoms with Crippen molar-refractivity contribution < 1.29 is 17.9 Å². The number of para-hydroxylation sites is 1. The average molecular weight is 401 g/mol. The van der Waals surface area contributed by atoms with E-state index in [1.54, 1.807) is 18.2 Å². The summed E-state index contributed by atoms with van der Waals surface area (Å²) in [5.74, 6) is 1.00. The fourth-order valence-electron chi connectivity index (χ4n) is 3.79. The second-order valence-corrected chi connectivity index (χ2v) is 9.11. The van der Waals surface area contributed by atoms with E-state index in [2.05, 4.69) is 11.4 Å². The SMILES string of the molecule is O=C1c2ccccc2S(=O)(=O)N1CCCCNCC1COc2ccccc2C1. The minimum Gasteiger partial charge on any atom is -0.493 e. The third-order valence-corrected chi connectivity index (χ3v) is 7.11. The second-order valence-electron chi connectivity index (χ2n) is 7.28. The summed E-state index contributed by atoms with van der Waals surface area (Å²) in [5, 5.41) is 3.43. The largest absolute Gasteiger partial charge is 0.493 e. The van der Waals surface area contributed by atoms with Gasteiger partial charge in [0.1, 0.15) is 10.6 Å². The Morgan fingerprint density at radius 3 is 2.71 bits per heavy atom. The van der Waals surface area contributed by atoms with Gasteiger partial charge in [0.2, 0.25) is 0 Å². The minimum atomic E-state index is -3.69. The first kappa shape index (κ1) is 19.0. The standard InChI is InChI=1S/C21H24N2O4S/c24-21-18-8-2-4-10-20(18)28(25,26)23(21)12-6-5-11-22-14-16-13-17-7-1-3-9-19(17)27-15-16/h1-4,7-10,16,22H,5-6,11-15H2. The highest BCUT2D eigenvalue weighted by atomic mass is 32.2. The molecule has 0 fully saturated rings. The van der Waals surface area contributed by atoms with Crippen LogP contribution in [0.3, 0.4) is 0 Å². The van der Waals surface area contributed by atoms with Gasteiger partial charge in [-0.1, -0.05) is 30.3 Å². The van der Waals surface area contributed by atoms with Crippen molar-refractivity contribution in [2.45, 2.75) is 24.2 Å². The molecule has 0 spiro atoms. The molecule has 1 atom stereocenters. The Morgan fingerprint density at radius 1 is 1.07 bits per heavy atom. The van der Waals surface area contributed by atoms with Crippen LogP contribution >= 0.6 is 0 Å². The zero-order chi connectivity index (χ0) is 19.6. The molecule has 6 nitrogen and oxygen atoms in total. The van der Waals surface area contributed by atoms with Gasteiger partial charge >= 0.3 is 0 Å². The summed E-state index contributed by atoms with van der Waals surface area (Å²) in [5.41, 5.74) is 1.52. The molecule has 0 radical (unpaired) electrons. The Balaban J connectivity index is 1.20. The molecule has 0 saturated heterocycles. The van der Waals surface area contributed by atoms with E-state index in [9.17, 15) is 13.2 Å². The summed E-state index contributed by atoms with van der Waals surface area (Å²) in [7, 11) is -3.69. The molecule has 1 N–H and O–H groups in total. The van der Waals surface area contributed by atoms with E-state index in [1.807, 2.05) is 18.2 Å².